The highest BCUT2D eigenvalue weighted by atomic mass is 35.5. The number of likely N-dealkylation sites (tertiary alicyclic amines) is 1. The molecule has 2 rings (SSSR count). The number of carbonyl (C=O) groups is 1. The van der Waals surface area contributed by atoms with Gasteiger partial charge >= 0.3 is 0 Å². The first kappa shape index (κ1) is 14.7. The quantitative estimate of drug-likeness (QED) is 0.649. The number of nitrogens with two attached hydrogens (primary N) is 1. The molecular formula is C14H19ClN2OS. The van der Waals surface area contributed by atoms with Gasteiger partial charge in [0, 0.05) is 4.90 Å². The number of thioether (sulfide) groups is 1. The van der Waals surface area contributed by atoms with Crippen molar-refractivity contribution in [1.82, 2.24) is 4.90 Å². The molecule has 0 spiro atoms. The first-order chi connectivity index (χ1) is 9.18. The Labute approximate surface area is 123 Å². The van der Waals surface area contributed by atoms with Crippen LogP contribution in [0.15, 0.2) is 29.2 Å². The van der Waals surface area contributed by atoms with Gasteiger partial charge in [0.2, 0.25) is 5.91 Å². The van der Waals surface area contributed by atoms with Crippen LogP contribution >= 0.6 is 23.4 Å². The molecule has 104 valence electrons. The van der Waals surface area contributed by atoms with E-state index in [2.05, 4.69) is 4.90 Å². The van der Waals surface area contributed by atoms with Crippen molar-refractivity contribution in [2.45, 2.75) is 30.2 Å². The summed E-state index contributed by atoms with van der Waals surface area (Å²) in [4.78, 5) is 14.6. The molecule has 1 aliphatic heterocycles. The standard InChI is InChI=1S/C14H19ClN2OS/c15-11-5-1-2-7-13(11)19-10-4-9-17-8-3-6-12(17)14(16)18/h1-2,5,7,12H,3-4,6,8-10H2,(H2,16,18). The normalized spacial score (nSPS) is 19.7. The zero-order chi connectivity index (χ0) is 13.7. The van der Waals surface area contributed by atoms with Crippen molar-refractivity contribution in [3.05, 3.63) is 29.3 Å². The van der Waals surface area contributed by atoms with E-state index in [0.29, 0.717) is 0 Å². The van der Waals surface area contributed by atoms with Crippen LogP contribution in [0.5, 0.6) is 0 Å². The summed E-state index contributed by atoms with van der Waals surface area (Å²) in [6.45, 7) is 1.93. The molecular weight excluding hydrogens is 280 g/mol. The summed E-state index contributed by atoms with van der Waals surface area (Å²) >= 11 is 7.87. The Balaban J connectivity index is 1.72. The van der Waals surface area contributed by atoms with Crippen LogP contribution in [0.25, 0.3) is 0 Å². The molecule has 1 atom stereocenters. The molecule has 19 heavy (non-hydrogen) atoms. The third-order valence-electron chi connectivity index (χ3n) is 3.38. The minimum atomic E-state index is -0.184. The van der Waals surface area contributed by atoms with Crippen LogP contribution in [0.2, 0.25) is 5.02 Å². The SMILES string of the molecule is NC(=O)C1CCCN1CCCSc1ccccc1Cl. The van der Waals surface area contributed by atoms with Crippen LogP contribution in [0, 0.1) is 0 Å². The second kappa shape index (κ2) is 7.17. The van der Waals surface area contributed by atoms with Crippen molar-refractivity contribution in [1.29, 1.82) is 0 Å². The van der Waals surface area contributed by atoms with E-state index in [1.54, 1.807) is 11.8 Å². The van der Waals surface area contributed by atoms with Crippen molar-refractivity contribution >= 4 is 29.3 Å². The smallest absolute Gasteiger partial charge is 0.234 e. The lowest BCUT2D eigenvalue weighted by Gasteiger charge is -2.21. The van der Waals surface area contributed by atoms with Crippen molar-refractivity contribution in [2.24, 2.45) is 5.73 Å². The van der Waals surface area contributed by atoms with Gasteiger partial charge in [-0.05, 0) is 50.2 Å². The first-order valence-corrected chi connectivity index (χ1v) is 7.95. The topological polar surface area (TPSA) is 46.3 Å². The highest BCUT2D eigenvalue weighted by Crippen LogP contribution is 2.27. The zero-order valence-corrected chi connectivity index (χ0v) is 12.4. The Kier molecular flexibility index (Phi) is 5.55. The van der Waals surface area contributed by atoms with E-state index in [1.807, 2.05) is 24.3 Å². The van der Waals surface area contributed by atoms with E-state index in [1.165, 1.54) is 0 Å². The minimum absolute atomic E-state index is 0.0506. The fourth-order valence-electron chi connectivity index (χ4n) is 2.43. The van der Waals surface area contributed by atoms with E-state index in [0.717, 1.165) is 48.0 Å². The number of hydrogen-bond acceptors (Lipinski definition) is 3. The molecule has 1 aromatic carbocycles. The number of carbonyl (C=O) groups excluding carboxylic acids is 1. The molecule has 2 N–H and O–H groups in total. The second-order valence-corrected chi connectivity index (χ2v) is 6.27. The molecule has 1 aromatic rings. The summed E-state index contributed by atoms with van der Waals surface area (Å²) in [5.74, 6) is 0.822. The summed E-state index contributed by atoms with van der Waals surface area (Å²) in [7, 11) is 0. The third kappa shape index (κ3) is 4.13. The maximum Gasteiger partial charge on any atom is 0.234 e. The Morgan fingerprint density at radius 2 is 2.26 bits per heavy atom. The number of nitrogens with zero attached hydrogens (tertiary/aromatic N) is 1. The average molecular weight is 299 g/mol. The van der Waals surface area contributed by atoms with E-state index >= 15 is 0 Å². The van der Waals surface area contributed by atoms with Gasteiger partial charge < -0.3 is 5.73 Å². The highest BCUT2D eigenvalue weighted by Gasteiger charge is 2.28. The van der Waals surface area contributed by atoms with E-state index in [9.17, 15) is 4.79 Å². The number of rotatable bonds is 6. The Morgan fingerprint density at radius 1 is 1.47 bits per heavy atom. The molecule has 5 heteroatoms. The van der Waals surface area contributed by atoms with Gasteiger partial charge in [0.05, 0.1) is 11.1 Å². The van der Waals surface area contributed by atoms with Gasteiger partial charge in [0.25, 0.3) is 0 Å². The third-order valence-corrected chi connectivity index (χ3v) is 4.98. The number of benzene rings is 1. The van der Waals surface area contributed by atoms with Crippen LogP contribution in [-0.4, -0.2) is 35.7 Å². The lowest BCUT2D eigenvalue weighted by Crippen LogP contribution is -2.40. The van der Waals surface area contributed by atoms with Crippen LogP contribution < -0.4 is 5.73 Å². The molecule has 0 aromatic heterocycles. The molecule has 1 aliphatic rings. The van der Waals surface area contributed by atoms with Gasteiger partial charge in [-0.2, -0.15) is 0 Å². The Bertz CT molecular complexity index is 441. The van der Waals surface area contributed by atoms with Crippen LogP contribution in [0.3, 0.4) is 0 Å². The summed E-state index contributed by atoms with van der Waals surface area (Å²) in [6, 6.07) is 7.83. The Hall–Kier alpha value is -0.710. The van der Waals surface area contributed by atoms with E-state index < -0.39 is 0 Å². The maximum absolute atomic E-state index is 11.3. The van der Waals surface area contributed by atoms with Gasteiger partial charge in [0.15, 0.2) is 0 Å². The fourth-order valence-corrected chi connectivity index (χ4v) is 3.60. The minimum Gasteiger partial charge on any atom is -0.368 e. The first-order valence-electron chi connectivity index (χ1n) is 6.59. The van der Waals surface area contributed by atoms with Crippen molar-refractivity contribution in [2.75, 3.05) is 18.8 Å². The van der Waals surface area contributed by atoms with Gasteiger partial charge in [-0.1, -0.05) is 23.7 Å². The molecule has 1 amide bonds. The van der Waals surface area contributed by atoms with Gasteiger partial charge in [-0.15, -0.1) is 11.8 Å². The van der Waals surface area contributed by atoms with Crippen LogP contribution in [-0.2, 0) is 4.79 Å². The number of hydrogen-bond donors (Lipinski definition) is 1. The largest absolute Gasteiger partial charge is 0.368 e. The number of primary amides is 1. The summed E-state index contributed by atoms with van der Waals surface area (Å²) < 4.78 is 0. The average Bonchev–Trinajstić information content (AvgIpc) is 2.85. The molecule has 0 radical (unpaired) electrons. The molecule has 1 saturated heterocycles. The lowest BCUT2D eigenvalue weighted by atomic mass is 10.2. The number of halogens is 1. The molecule has 1 heterocycles. The molecule has 1 unspecified atom stereocenters. The predicted molar refractivity (Wildman–Crippen MR) is 80.6 cm³/mol. The van der Waals surface area contributed by atoms with Crippen molar-refractivity contribution in [3.8, 4) is 0 Å². The van der Waals surface area contributed by atoms with Crippen molar-refractivity contribution in [3.63, 3.8) is 0 Å². The van der Waals surface area contributed by atoms with Gasteiger partial charge in [0.1, 0.15) is 0 Å². The van der Waals surface area contributed by atoms with E-state index in [4.69, 9.17) is 17.3 Å². The van der Waals surface area contributed by atoms with Gasteiger partial charge in [-0.25, -0.2) is 0 Å². The number of amides is 1. The summed E-state index contributed by atoms with van der Waals surface area (Å²) in [6.07, 6.45) is 3.03. The molecule has 0 saturated carbocycles. The molecule has 1 fully saturated rings. The van der Waals surface area contributed by atoms with E-state index in [-0.39, 0.29) is 11.9 Å². The second-order valence-electron chi connectivity index (χ2n) is 4.73. The maximum atomic E-state index is 11.3. The molecule has 0 bridgehead atoms. The summed E-state index contributed by atoms with van der Waals surface area (Å²) in [5.41, 5.74) is 5.40. The molecule has 0 aliphatic carbocycles. The predicted octanol–water partition coefficient (Wildman–Crippen LogP) is 2.77. The Morgan fingerprint density at radius 3 is 3.00 bits per heavy atom. The van der Waals surface area contributed by atoms with Gasteiger partial charge in [-0.3, -0.25) is 9.69 Å². The summed E-state index contributed by atoms with van der Waals surface area (Å²) in [5, 5.41) is 0.809. The van der Waals surface area contributed by atoms with Crippen molar-refractivity contribution < 1.29 is 4.79 Å². The lowest BCUT2D eigenvalue weighted by molar-refractivity contribution is -0.122. The van der Waals surface area contributed by atoms with Crippen LogP contribution in [0.1, 0.15) is 19.3 Å². The van der Waals surface area contributed by atoms with Crippen LogP contribution in [0.4, 0.5) is 0 Å². The zero-order valence-electron chi connectivity index (χ0n) is 10.8. The monoisotopic (exact) mass is 298 g/mol. The fraction of sp³-hybridized carbons (Fsp3) is 0.500. The highest BCUT2D eigenvalue weighted by molar-refractivity contribution is 7.99. The molecule has 3 nitrogen and oxygen atoms in total.